The zero-order chi connectivity index (χ0) is 15.4. The summed E-state index contributed by atoms with van der Waals surface area (Å²) in [6.07, 6.45) is 1.53. The fourth-order valence-electron chi connectivity index (χ4n) is 2.47. The normalized spacial score (nSPS) is 14.3. The Morgan fingerprint density at radius 2 is 2.36 bits per heavy atom. The second kappa shape index (κ2) is 6.41. The highest BCUT2D eigenvalue weighted by Gasteiger charge is 2.21. The molecule has 0 spiro atoms. The van der Waals surface area contributed by atoms with Crippen LogP contribution < -0.4 is 5.32 Å². The Morgan fingerprint density at radius 1 is 1.45 bits per heavy atom. The van der Waals surface area contributed by atoms with Crippen molar-refractivity contribution in [1.82, 2.24) is 25.0 Å². The van der Waals surface area contributed by atoms with Gasteiger partial charge in [-0.1, -0.05) is 0 Å². The van der Waals surface area contributed by atoms with Crippen molar-refractivity contribution in [2.24, 2.45) is 0 Å². The van der Waals surface area contributed by atoms with Crippen LogP contribution in [0.5, 0.6) is 0 Å². The summed E-state index contributed by atoms with van der Waals surface area (Å²) in [6.45, 7) is 3.37. The van der Waals surface area contributed by atoms with Crippen molar-refractivity contribution in [2.45, 2.75) is 32.6 Å². The van der Waals surface area contributed by atoms with E-state index in [0.717, 1.165) is 37.0 Å². The Kier molecular flexibility index (Phi) is 4.16. The second-order valence-electron chi connectivity index (χ2n) is 5.09. The molecule has 22 heavy (non-hydrogen) atoms. The summed E-state index contributed by atoms with van der Waals surface area (Å²) in [5.41, 5.74) is 0. The number of hydrogen-bond acceptors (Lipinski definition) is 6. The number of amides is 1. The maximum absolute atomic E-state index is 11.3. The molecule has 8 heteroatoms. The Bertz CT molecular complexity index is 685. The minimum Gasteiger partial charge on any atom is -0.468 e. The number of aromatic nitrogens is 3. The van der Waals surface area contributed by atoms with Crippen LogP contribution in [0.25, 0.3) is 0 Å². The fourth-order valence-corrected chi connectivity index (χ4v) is 2.47. The van der Waals surface area contributed by atoms with Crippen LogP contribution in [0, 0.1) is 11.3 Å². The molecular weight excluding hydrogens is 284 g/mol. The minimum absolute atomic E-state index is 0.141. The van der Waals surface area contributed by atoms with Gasteiger partial charge in [-0.2, -0.15) is 5.26 Å². The largest absolute Gasteiger partial charge is 0.468 e. The van der Waals surface area contributed by atoms with Gasteiger partial charge in [0.15, 0.2) is 5.82 Å². The van der Waals surface area contributed by atoms with E-state index in [1.54, 1.807) is 6.26 Å². The Hall–Kier alpha value is -2.66. The molecule has 0 aromatic carbocycles. The highest BCUT2D eigenvalue weighted by Crippen LogP contribution is 2.15. The molecule has 114 valence electrons. The predicted octanol–water partition coefficient (Wildman–Crippen LogP) is 0.417. The molecule has 2 aromatic rings. The van der Waals surface area contributed by atoms with E-state index < -0.39 is 0 Å². The van der Waals surface area contributed by atoms with Crippen LogP contribution >= 0.6 is 0 Å². The maximum Gasteiger partial charge on any atom is 0.234 e. The molecule has 0 bridgehead atoms. The summed E-state index contributed by atoms with van der Waals surface area (Å²) >= 11 is 0. The molecule has 8 nitrogen and oxygen atoms in total. The van der Waals surface area contributed by atoms with Crippen molar-refractivity contribution in [3.63, 3.8) is 0 Å². The molecule has 0 saturated heterocycles. The minimum atomic E-state index is -0.296. The van der Waals surface area contributed by atoms with Crippen LogP contribution in [0.3, 0.4) is 0 Å². The van der Waals surface area contributed by atoms with Gasteiger partial charge in [0.05, 0.1) is 32.0 Å². The lowest BCUT2D eigenvalue weighted by molar-refractivity contribution is -0.120. The number of hydrogen-bond donors (Lipinski definition) is 1. The number of furan rings is 1. The number of fused-ring (bicyclic) bond motifs is 1. The molecule has 1 aliphatic heterocycles. The predicted molar refractivity (Wildman–Crippen MR) is 74.9 cm³/mol. The molecule has 1 N–H and O–H groups in total. The summed E-state index contributed by atoms with van der Waals surface area (Å²) in [6, 6.07) is 5.65. The molecule has 0 radical (unpaired) electrons. The number of rotatable bonds is 5. The lowest BCUT2D eigenvalue weighted by Gasteiger charge is -2.26. The highest BCUT2D eigenvalue weighted by molar-refractivity contribution is 5.77. The van der Waals surface area contributed by atoms with Crippen molar-refractivity contribution < 1.29 is 9.21 Å². The van der Waals surface area contributed by atoms with Gasteiger partial charge in [-0.15, -0.1) is 10.2 Å². The summed E-state index contributed by atoms with van der Waals surface area (Å²) in [4.78, 5) is 13.6. The topological polar surface area (TPSA) is 100.0 Å². The molecule has 2 aromatic heterocycles. The molecular formula is C14H16N6O2. The van der Waals surface area contributed by atoms with Gasteiger partial charge in [0.2, 0.25) is 5.91 Å². The van der Waals surface area contributed by atoms with Crippen LogP contribution in [0.1, 0.15) is 23.8 Å². The van der Waals surface area contributed by atoms with E-state index in [1.165, 1.54) is 0 Å². The zero-order valence-electron chi connectivity index (χ0n) is 12.0. The van der Waals surface area contributed by atoms with Crippen LogP contribution in [-0.4, -0.2) is 32.1 Å². The average molecular weight is 300 g/mol. The third kappa shape index (κ3) is 3.15. The first-order valence-electron chi connectivity index (χ1n) is 7.05. The van der Waals surface area contributed by atoms with E-state index >= 15 is 0 Å². The standard InChI is InChI=1S/C14H16N6O2/c15-4-3-14(21)16-8-12-17-18-13-10-19(5-6-20(12)13)9-11-2-1-7-22-11/h1-2,7H,3,5-6,8-10H2,(H,16,21). The van der Waals surface area contributed by atoms with Crippen molar-refractivity contribution in [2.75, 3.05) is 6.54 Å². The molecule has 1 amide bonds. The average Bonchev–Trinajstić information content (AvgIpc) is 3.15. The number of carbonyl (C=O) groups is 1. The van der Waals surface area contributed by atoms with Crippen LogP contribution in [0.4, 0.5) is 0 Å². The Balaban J connectivity index is 1.60. The SMILES string of the molecule is N#CCC(=O)NCc1nnc2n1CCN(Cc1ccco1)C2. The molecule has 0 fully saturated rings. The van der Waals surface area contributed by atoms with Crippen LogP contribution in [0.15, 0.2) is 22.8 Å². The first-order chi connectivity index (χ1) is 10.8. The first-order valence-corrected chi connectivity index (χ1v) is 7.05. The Morgan fingerprint density at radius 3 is 3.14 bits per heavy atom. The lowest BCUT2D eigenvalue weighted by Crippen LogP contribution is -2.34. The lowest BCUT2D eigenvalue weighted by atomic mass is 10.3. The van der Waals surface area contributed by atoms with Crippen molar-refractivity contribution in [3.8, 4) is 6.07 Å². The second-order valence-corrected chi connectivity index (χ2v) is 5.09. The van der Waals surface area contributed by atoms with Gasteiger partial charge in [0, 0.05) is 13.1 Å². The van der Waals surface area contributed by atoms with Crippen molar-refractivity contribution in [1.29, 1.82) is 5.26 Å². The molecule has 1 aliphatic rings. The Labute approximate surface area is 127 Å². The highest BCUT2D eigenvalue weighted by atomic mass is 16.3. The van der Waals surface area contributed by atoms with E-state index in [0.29, 0.717) is 13.1 Å². The molecule has 0 atom stereocenters. The third-order valence-corrected chi connectivity index (χ3v) is 3.55. The van der Waals surface area contributed by atoms with E-state index in [9.17, 15) is 4.79 Å². The number of nitrogens with zero attached hydrogens (tertiary/aromatic N) is 5. The van der Waals surface area contributed by atoms with E-state index in [2.05, 4.69) is 20.4 Å². The van der Waals surface area contributed by atoms with E-state index in [-0.39, 0.29) is 12.3 Å². The fraction of sp³-hybridized carbons (Fsp3) is 0.429. The van der Waals surface area contributed by atoms with Crippen molar-refractivity contribution >= 4 is 5.91 Å². The molecule has 0 aliphatic carbocycles. The molecule has 0 saturated carbocycles. The van der Waals surface area contributed by atoms with E-state index in [1.807, 2.05) is 22.8 Å². The van der Waals surface area contributed by atoms with Gasteiger partial charge in [-0.05, 0) is 12.1 Å². The van der Waals surface area contributed by atoms with Crippen molar-refractivity contribution in [3.05, 3.63) is 35.8 Å². The van der Waals surface area contributed by atoms with Gasteiger partial charge in [-0.25, -0.2) is 0 Å². The number of nitrogens with one attached hydrogen (secondary N) is 1. The smallest absolute Gasteiger partial charge is 0.234 e. The van der Waals surface area contributed by atoms with Gasteiger partial charge in [0.1, 0.15) is 18.0 Å². The summed E-state index contributed by atoms with van der Waals surface area (Å²) in [7, 11) is 0. The van der Waals surface area contributed by atoms with E-state index in [4.69, 9.17) is 9.68 Å². The number of carbonyl (C=O) groups excluding carboxylic acids is 1. The van der Waals surface area contributed by atoms with Crippen LogP contribution in [0.2, 0.25) is 0 Å². The summed E-state index contributed by atoms with van der Waals surface area (Å²) in [5.74, 6) is 2.23. The van der Waals surface area contributed by atoms with Gasteiger partial charge in [-0.3, -0.25) is 9.69 Å². The van der Waals surface area contributed by atoms with Gasteiger partial charge in [0.25, 0.3) is 0 Å². The van der Waals surface area contributed by atoms with Gasteiger partial charge >= 0.3 is 0 Å². The maximum atomic E-state index is 11.3. The molecule has 3 rings (SSSR count). The number of nitriles is 1. The quantitative estimate of drug-likeness (QED) is 0.859. The zero-order valence-corrected chi connectivity index (χ0v) is 12.0. The monoisotopic (exact) mass is 300 g/mol. The first kappa shape index (κ1) is 14.3. The summed E-state index contributed by atoms with van der Waals surface area (Å²) < 4.78 is 7.38. The molecule has 3 heterocycles. The summed E-state index contributed by atoms with van der Waals surface area (Å²) in [5, 5.41) is 19.4. The third-order valence-electron chi connectivity index (χ3n) is 3.55. The van der Waals surface area contributed by atoms with Crippen LogP contribution in [-0.2, 0) is 31.0 Å². The van der Waals surface area contributed by atoms with Gasteiger partial charge < -0.3 is 14.3 Å². The molecule has 0 unspecified atom stereocenters.